The van der Waals surface area contributed by atoms with Crippen LogP contribution in [0.3, 0.4) is 0 Å². The van der Waals surface area contributed by atoms with Crippen LogP contribution in [0.2, 0.25) is 0 Å². The number of ether oxygens (including phenoxy) is 2. The first-order valence-corrected chi connectivity index (χ1v) is 8.00. The van der Waals surface area contributed by atoms with Gasteiger partial charge in [0.05, 0.1) is 0 Å². The van der Waals surface area contributed by atoms with E-state index < -0.39 is 67.4 Å². The minimum Gasteiger partial charge on any atom is -0.338 e. The molecule has 0 radical (unpaired) electrons. The van der Waals surface area contributed by atoms with Gasteiger partial charge in [-0.05, 0) is 13.8 Å². The van der Waals surface area contributed by atoms with Gasteiger partial charge in [-0.15, -0.1) is 0 Å². The Morgan fingerprint density at radius 3 is 1.24 bits per heavy atom. The Bertz CT molecular complexity index is 726. The van der Waals surface area contributed by atoms with Crippen LogP contribution in [-0.2, 0) is 14.3 Å². The molecular weight excluding hydrogens is 541 g/mol. The fourth-order valence-corrected chi connectivity index (χ4v) is 1.87. The minimum atomic E-state index is -8.01. The van der Waals surface area contributed by atoms with Gasteiger partial charge in [0, 0.05) is 13.1 Å². The molecule has 4 nitrogen and oxygen atoms in total. The van der Waals surface area contributed by atoms with Crippen LogP contribution in [0.1, 0.15) is 13.8 Å². The molecule has 0 N–H and O–H groups in total. The lowest BCUT2D eigenvalue weighted by Gasteiger charge is -2.40. The number of hydrogen-bond donors (Lipinski definition) is 0. The molecule has 0 aliphatic heterocycles. The largest absolute Gasteiger partial charge is 0.462 e. The Kier molecular flexibility index (Phi) is 8.53. The van der Waals surface area contributed by atoms with Gasteiger partial charge in [0.25, 0.3) is 5.91 Å². The van der Waals surface area contributed by atoms with Crippen molar-refractivity contribution >= 4 is 5.91 Å². The summed E-state index contributed by atoms with van der Waals surface area (Å²) < 4.78 is 224. The van der Waals surface area contributed by atoms with E-state index in [-0.39, 0.29) is 4.90 Å². The Morgan fingerprint density at radius 2 is 0.971 bits per heavy atom. The predicted octanol–water partition coefficient (Wildman–Crippen LogP) is 5.73. The molecule has 0 saturated heterocycles. The van der Waals surface area contributed by atoms with Crippen LogP contribution < -0.4 is 0 Å². The van der Waals surface area contributed by atoms with Gasteiger partial charge in [-0.2, -0.15) is 74.6 Å². The van der Waals surface area contributed by atoms with Crippen LogP contribution in [0.25, 0.3) is 0 Å². The highest BCUT2D eigenvalue weighted by Crippen LogP contribution is 2.56. The van der Waals surface area contributed by atoms with Crippen LogP contribution in [0.5, 0.6) is 0 Å². The van der Waals surface area contributed by atoms with E-state index in [1.165, 1.54) is 4.74 Å². The fourth-order valence-electron chi connectivity index (χ4n) is 1.87. The van der Waals surface area contributed by atoms with Gasteiger partial charge in [-0.3, -0.25) is 14.3 Å². The van der Waals surface area contributed by atoms with Gasteiger partial charge >= 0.3 is 48.4 Å². The lowest BCUT2D eigenvalue weighted by Crippen LogP contribution is -2.69. The molecule has 0 unspecified atom stereocenters. The van der Waals surface area contributed by atoms with Crippen molar-refractivity contribution in [1.29, 1.82) is 0 Å². The van der Waals surface area contributed by atoms with Crippen LogP contribution in [0, 0.1) is 0 Å². The number of alkyl halides is 17. The second-order valence-electron chi connectivity index (χ2n) is 5.97. The molecule has 0 fully saturated rings. The van der Waals surface area contributed by atoms with Crippen molar-refractivity contribution in [2.24, 2.45) is 0 Å². The highest BCUT2D eigenvalue weighted by molar-refractivity contribution is 5.84. The zero-order valence-electron chi connectivity index (χ0n) is 16.0. The summed E-state index contributed by atoms with van der Waals surface area (Å²) in [5, 5.41) is 0. The Balaban J connectivity index is 6.85. The summed E-state index contributed by atoms with van der Waals surface area (Å²) in [6, 6.07) is 0. The average molecular weight is 551 g/mol. The van der Waals surface area contributed by atoms with E-state index in [9.17, 15) is 79.4 Å². The molecule has 0 spiro atoms. The van der Waals surface area contributed by atoms with E-state index in [0.717, 1.165) is 13.8 Å². The summed E-state index contributed by atoms with van der Waals surface area (Å²) in [5.41, 5.74) is 0. The van der Waals surface area contributed by atoms with Gasteiger partial charge in [0.15, 0.2) is 0 Å². The van der Waals surface area contributed by atoms with Gasteiger partial charge in [0.1, 0.15) is 0 Å². The third-order valence-corrected chi connectivity index (χ3v) is 3.69. The number of rotatable bonds is 9. The maximum Gasteiger partial charge on any atom is 0.462 e. The Labute approximate surface area is 176 Å². The molecule has 0 aliphatic carbocycles. The van der Waals surface area contributed by atoms with Gasteiger partial charge < -0.3 is 4.90 Å². The molecule has 0 aromatic rings. The summed E-state index contributed by atoms with van der Waals surface area (Å²) in [6.45, 7) is -0.459. The number of carbonyl (C=O) groups is 1. The molecule has 1 amide bonds. The van der Waals surface area contributed by atoms with E-state index in [1.807, 2.05) is 4.74 Å². The highest BCUT2D eigenvalue weighted by Gasteiger charge is 2.85. The van der Waals surface area contributed by atoms with Crippen molar-refractivity contribution in [3.63, 3.8) is 0 Å². The number of amides is 1. The van der Waals surface area contributed by atoms with Crippen molar-refractivity contribution in [1.82, 2.24) is 4.90 Å². The third kappa shape index (κ3) is 5.38. The van der Waals surface area contributed by atoms with Gasteiger partial charge in [-0.1, -0.05) is 0 Å². The summed E-state index contributed by atoms with van der Waals surface area (Å²) >= 11 is 0. The average Bonchev–Trinajstić information content (AvgIpc) is 2.58. The molecule has 0 aromatic carbocycles. The van der Waals surface area contributed by atoms with Crippen molar-refractivity contribution in [3.05, 3.63) is 0 Å². The van der Waals surface area contributed by atoms with E-state index in [0.29, 0.717) is 0 Å². The van der Waals surface area contributed by atoms with Crippen LogP contribution in [0.4, 0.5) is 74.6 Å². The van der Waals surface area contributed by atoms with Crippen molar-refractivity contribution in [2.75, 3.05) is 13.1 Å². The number of carbonyl (C=O) groups excluding carboxylic acids is 1. The second kappa shape index (κ2) is 9.01. The summed E-state index contributed by atoms with van der Waals surface area (Å²) in [7, 11) is 0. The minimum absolute atomic E-state index is 0.371. The summed E-state index contributed by atoms with van der Waals surface area (Å²) in [5.74, 6) is -25.8. The zero-order valence-corrected chi connectivity index (χ0v) is 16.0. The first kappa shape index (κ1) is 32.2. The van der Waals surface area contributed by atoms with E-state index >= 15 is 0 Å². The molecule has 21 heteroatoms. The molecule has 0 heterocycles. The molecular formula is C13H10F17NO3. The zero-order chi connectivity index (χ0) is 28.0. The lowest BCUT2D eigenvalue weighted by atomic mass is 10.2. The molecule has 0 bridgehead atoms. The first-order chi connectivity index (χ1) is 14.6. The smallest absolute Gasteiger partial charge is 0.338 e. The standard InChI is InChI=1S/C13H10F17NO3/c1-3-31(4-2)5(32)6(14,9(18,19)20)33-13(29,30)8(17,11(24,25)26)34-12(27,28)7(15,16)10(21,22)23/h3-4H2,1-2H3/t6-,8+/m0/s1. The monoisotopic (exact) mass is 551 g/mol. The number of hydrogen-bond acceptors (Lipinski definition) is 3. The fraction of sp³-hybridized carbons (Fsp3) is 0.923. The molecule has 34 heavy (non-hydrogen) atoms. The van der Waals surface area contributed by atoms with Crippen molar-refractivity contribution < 1.29 is 88.9 Å². The normalized spacial score (nSPS) is 18.3. The van der Waals surface area contributed by atoms with E-state index in [4.69, 9.17) is 0 Å². The summed E-state index contributed by atoms with van der Waals surface area (Å²) in [4.78, 5) is 11.2. The molecule has 0 aromatic heterocycles. The topological polar surface area (TPSA) is 38.8 Å². The highest BCUT2D eigenvalue weighted by atomic mass is 19.4. The van der Waals surface area contributed by atoms with Crippen LogP contribution in [0.15, 0.2) is 0 Å². The molecule has 0 saturated carbocycles. The number of halogens is 17. The Hall–Kier alpha value is -1.80. The Morgan fingerprint density at radius 1 is 0.588 bits per heavy atom. The predicted molar refractivity (Wildman–Crippen MR) is 70.8 cm³/mol. The van der Waals surface area contributed by atoms with Crippen molar-refractivity contribution in [2.45, 2.75) is 62.2 Å². The first-order valence-electron chi connectivity index (χ1n) is 8.00. The van der Waals surface area contributed by atoms with E-state index in [1.54, 1.807) is 0 Å². The van der Waals surface area contributed by atoms with Crippen LogP contribution in [-0.4, -0.2) is 72.3 Å². The SMILES string of the molecule is CCN(CC)C(=O)[C@](F)(OC(F)(F)[C@](F)(OC(F)(F)C(F)(F)C(F)(F)F)C(F)(F)F)C(F)(F)F. The van der Waals surface area contributed by atoms with Gasteiger partial charge in [-0.25, -0.2) is 0 Å². The number of nitrogens with zero attached hydrogens (tertiary/aromatic N) is 1. The number of likely N-dealkylation sites (N-methyl/N-ethyl adjacent to an activating group) is 1. The van der Waals surface area contributed by atoms with Gasteiger partial charge in [0.2, 0.25) is 0 Å². The molecule has 204 valence electrons. The summed E-state index contributed by atoms with van der Waals surface area (Å²) in [6.07, 6.45) is -38.3. The third-order valence-electron chi connectivity index (χ3n) is 3.69. The maximum absolute atomic E-state index is 14.3. The molecule has 2 atom stereocenters. The maximum atomic E-state index is 14.3. The molecule has 0 aliphatic rings. The molecule has 0 rings (SSSR count). The van der Waals surface area contributed by atoms with Crippen LogP contribution >= 0.6 is 0 Å². The van der Waals surface area contributed by atoms with E-state index in [2.05, 4.69) is 0 Å². The van der Waals surface area contributed by atoms with Crippen molar-refractivity contribution in [3.8, 4) is 0 Å². The quantitative estimate of drug-likeness (QED) is 0.344. The lowest BCUT2D eigenvalue weighted by molar-refractivity contribution is -0.548. The second-order valence-corrected chi connectivity index (χ2v) is 5.97.